The van der Waals surface area contributed by atoms with Crippen LogP contribution < -0.4 is 0 Å². The maximum atomic E-state index is 11.3. The molecule has 0 saturated heterocycles. The van der Waals surface area contributed by atoms with Gasteiger partial charge in [-0.1, -0.05) is 34.6 Å². The average molecular weight is 253 g/mol. The summed E-state index contributed by atoms with van der Waals surface area (Å²) in [4.78, 5) is 11.3. The molecule has 14 heavy (non-hydrogen) atoms. The summed E-state index contributed by atoms with van der Waals surface area (Å²) in [6.45, 7) is 3.45. The van der Waals surface area contributed by atoms with Crippen molar-refractivity contribution in [3.63, 3.8) is 0 Å². The van der Waals surface area contributed by atoms with E-state index in [0.29, 0.717) is 5.57 Å². The van der Waals surface area contributed by atoms with Crippen LogP contribution in [0, 0.1) is 0 Å². The summed E-state index contributed by atoms with van der Waals surface area (Å²) in [6, 6.07) is 7.29. The minimum atomic E-state index is -0.428. The van der Waals surface area contributed by atoms with Crippen molar-refractivity contribution in [1.82, 2.24) is 0 Å². The summed E-state index contributed by atoms with van der Waals surface area (Å²) >= 11 is 3.31. The maximum Gasteiger partial charge on any atom is 0.346 e. The lowest BCUT2D eigenvalue weighted by Gasteiger charge is -2.02. The van der Waals surface area contributed by atoms with E-state index < -0.39 is 5.97 Å². The number of halogens is 1. The van der Waals surface area contributed by atoms with E-state index in [-0.39, 0.29) is 0 Å². The predicted octanol–water partition coefficient (Wildman–Crippen LogP) is 2.79. The Morgan fingerprint density at radius 2 is 2.00 bits per heavy atom. The number of carbonyl (C=O) groups is 1. The van der Waals surface area contributed by atoms with Gasteiger partial charge in [0.25, 0.3) is 0 Å². The Morgan fingerprint density at radius 3 is 2.43 bits per heavy atom. The molecule has 0 unspecified atom stereocenters. The highest BCUT2D eigenvalue weighted by atomic mass is 79.9. The third-order valence-electron chi connectivity index (χ3n) is 1.70. The van der Waals surface area contributed by atoms with Crippen LogP contribution in [0.3, 0.4) is 0 Å². The third kappa shape index (κ3) is 2.34. The summed E-state index contributed by atoms with van der Waals surface area (Å²) in [5.74, 6) is -0.428. The minimum Gasteiger partial charge on any atom is -0.465 e. The van der Waals surface area contributed by atoms with E-state index in [2.05, 4.69) is 33.0 Å². The normalized spacial score (nSPS) is 9.00. The van der Waals surface area contributed by atoms with Crippen LogP contribution in [-0.4, -0.2) is 13.1 Å². The number of benzene rings is 1. The van der Waals surface area contributed by atoms with Crippen LogP contribution in [0.2, 0.25) is 0 Å². The number of hydrogen-bond acceptors (Lipinski definition) is 2. The summed E-state index contributed by atoms with van der Waals surface area (Å²) in [5.41, 5.74) is 3.66. The van der Waals surface area contributed by atoms with Gasteiger partial charge in [0.05, 0.1) is 7.11 Å². The van der Waals surface area contributed by atoms with Gasteiger partial charge < -0.3 is 4.74 Å². The van der Waals surface area contributed by atoms with Crippen molar-refractivity contribution >= 4 is 27.5 Å². The maximum absolute atomic E-state index is 11.3. The lowest BCUT2D eigenvalue weighted by Crippen LogP contribution is -2.02. The Balaban J connectivity index is 3.09. The second kappa shape index (κ2) is 4.80. The number of hydrogen-bond donors (Lipinski definition) is 0. The van der Waals surface area contributed by atoms with Gasteiger partial charge in [0.2, 0.25) is 0 Å². The van der Waals surface area contributed by atoms with Crippen molar-refractivity contribution in [3.8, 4) is 0 Å². The number of rotatable bonds is 2. The number of methoxy groups -OCH3 is 1. The zero-order valence-electron chi connectivity index (χ0n) is 7.71. The zero-order chi connectivity index (χ0) is 10.6. The Kier molecular flexibility index (Phi) is 3.69. The Morgan fingerprint density at radius 1 is 1.43 bits per heavy atom. The summed E-state index contributed by atoms with van der Waals surface area (Å²) in [6.07, 6.45) is 0. The van der Waals surface area contributed by atoms with Crippen molar-refractivity contribution in [2.45, 2.75) is 0 Å². The molecular weight excluding hydrogens is 244 g/mol. The van der Waals surface area contributed by atoms with Crippen molar-refractivity contribution in [1.29, 1.82) is 0 Å². The third-order valence-corrected chi connectivity index (χ3v) is 2.23. The van der Waals surface area contributed by atoms with Crippen LogP contribution >= 0.6 is 15.9 Å². The molecule has 0 spiro atoms. The monoisotopic (exact) mass is 252 g/mol. The fourth-order valence-corrected chi connectivity index (χ4v) is 1.28. The number of ether oxygens (including phenoxy) is 1. The number of carbonyl (C=O) groups excluding carboxylic acids is 1. The Labute approximate surface area is 91.0 Å². The van der Waals surface area contributed by atoms with Gasteiger partial charge in [-0.3, -0.25) is 0 Å². The van der Waals surface area contributed by atoms with Crippen LogP contribution in [-0.2, 0) is 9.53 Å². The molecule has 0 saturated carbocycles. The second-order valence-electron chi connectivity index (χ2n) is 2.55. The SMILES string of the molecule is C=C=C(C(=O)OC)c1ccc(Br)cc1. The van der Waals surface area contributed by atoms with E-state index in [4.69, 9.17) is 0 Å². The molecule has 0 aliphatic heterocycles. The van der Waals surface area contributed by atoms with Crippen molar-refractivity contribution in [3.05, 3.63) is 46.6 Å². The molecule has 0 atom stereocenters. The zero-order valence-corrected chi connectivity index (χ0v) is 9.30. The predicted molar refractivity (Wildman–Crippen MR) is 58.7 cm³/mol. The highest BCUT2D eigenvalue weighted by Gasteiger charge is 2.10. The molecule has 0 bridgehead atoms. The van der Waals surface area contributed by atoms with Crippen LogP contribution in [0.4, 0.5) is 0 Å². The van der Waals surface area contributed by atoms with Gasteiger partial charge in [0.1, 0.15) is 5.57 Å². The quantitative estimate of drug-likeness (QED) is 0.460. The Bertz CT molecular complexity index is 386. The van der Waals surface area contributed by atoms with Gasteiger partial charge in [0.15, 0.2) is 0 Å². The first-order valence-electron chi connectivity index (χ1n) is 3.93. The molecule has 0 fully saturated rings. The van der Waals surface area contributed by atoms with Crippen LogP contribution in [0.5, 0.6) is 0 Å². The van der Waals surface area contributed by atoms with Gasteiger partial charge in [-0.25, -0.2) is 4.79 Å². The summed E-state index contributed by atoms with van der Waals surface area (Å²) < 4.78 is 5.55. The van der Waals surface area contributed by atoms with Gasteiger partial charge in [-0.2, -0.15) is 0 Å². The van der Waals surface area contributed by atoms with E-state index in [9.17, 15) is 4.79 Å². The lowest BCUT2D eigenvalue weighted by molar-refractivity contribution is -0.133. The highest BCUT2D eigenvalue weighted by molar-refractivity contribution is 9.10. The number of esters is 1. The Hall–Kier alpha value is -1.31. The molecule has 1 aromatic carbocycles. The second-order valence-corrected chi connectivity index (χ2v) is 3.47. The van der Waals surface area contributed by atoms with E-state index in [1.165, 1.54) is 7.11 Å². The highest BCUT2D eigenvalue weighted by Crippen LogP contribution is 2.17. The molecule has 0 N–H and O–H groups in total. The topological polar surface area (TPSA) is 26.3 Å². The minimum absolute atomic E-state index is 0.347. The van der Waals surface area contributed by atoms with E-state index in [1.54, 1.807) is 12.1 Å². The molecular formula is C11H9BrO2. The van der Waals surface area contributed by atoms with Gasteiger partial charge in [-0.05, 0) is 17.7 Å². The molecule has 1 aromatic rings. The first kappa shape index (κ1) is 10.8. The van der Waals surface area contributed by atoms with Crippen LogP contribution in [0.25, 0.3) is 5.57 Å². The standard InChI is InChI=1S/C11H9BrO2/c1-3-10(11(13)14-2)8-4-6-9(12)7-5-8/h4-7H,1H2,2H3. The summed E-state index contributed by atoms with van der Waals surface area (Å²) in [5, 5.41) is 0. The van der Waals surface area contributed by atoms with E-state index >= 15 is 0 Å². The molecule has 72 valence electrons. The smallest absolute Gasteiger partial charge is 0.346 e. The first-order chi connectivity index (χ1) is 6.69. The van der Waals surface area contributed by atoms with Crippen molar-refractivity contribution in [2.75, 3.05) is 7.11 Å². The molecule has 0 heterocycles. The van der Waals surface area contributed by atoms with Crippen molar-refractivity contribution in [2.24, 2.45) is 0 Å². The average Bonchev–Trinajstić information content (AvgIpc) is 2.21. The van der Waals surface area contributed by atoms with E-state index in [0.717, 1.165) is 10.0 Å². The first-order valence-corrected chi connectivity index (χ1v) is 4.72. The molecule has 2 nitrogen and oxygen atoms in total. The largest absolute Gasteiger partial charge is 0.465 e. The molecule has 0 aliphatic rings. The molecule has 0 aromatic heterocycles. The van der Waals surface area contributed by atoms with Gasteiger partial charge >= 0.3 is 5.97 Å². The van der Waals surface area contributed by atoms with Crippen LogP contribution in [0.1, 0.15) is 5.56 Å². The molecule has 0 aliphatic carbocycles. The lowest BCUT2D eigenvalue weighted by atomic mass is 10.1. The fraction of sp³-hybridized carbons (Fsp3) is 0.0909. The summed E-state index contributed by atoms with van der Waals surface area (Å²) in [7, 11) is 1.33. The van der Waals surface area contributed by atoms with Crippen LogP contribution in [0.15, 0.2) is 41.0 Å². The fourth-order valence-electron chi connectivity index (χ4n) is 1.01. The van der Waals surface area contributed by atoms with Gasteiger partial charge in [0, 0.05) is 4.47 Å². The molecule has 3 heteroatoms. The molecule has 0 amide bonds. The molecule has 0 radical (unpaired) electrons. The van der Waals surface area contributed by atoms with Gasteiger partial charge in [-0.15, -0.1) is 5.73 Å². The van der Waals surface area contributed by atoms with Crippen molar-refractivity contribution < 1.29 is 9.53 Å². The molecule has 1 rings (SSSR count). The van der Waals surface area contributed by atoms with E-state index in [1.807, 2.05) is 12.1 Å².